The van der Waals surface area contributed by atoms with Crippen LogP contribution in [0.5, 0.6) is 0 Å². The third-order valence-corrected chi connectivity index (χ3v) is 1.91. The zero-order valence-corrected chi connectivity index (χ0v) is 9.88. The van der Waals surface area contributed by atoms with Crippen molar-refractivity contribution in [3.8, 4) is 0 Å². The van der Waals surface area contributed by atoms with Gasteiger partial charge in [0, 0.05) is 0 Å². The first-order valence-corrected chi connectivity index (χ1v) is 4.59. The first-order chi connectivity index (χ1) is 3.71. The van der Waals surface area contributed by atoms with Crippen LogP contribution in [0.25, 0.3) is 0 Å². The largest absolute Gasteiger partial charge is 2.00 e. The van der Waals surface area contributed by atoms with Gasteiger partial charge in [0.15, 0.2) is 0 Å². The van der Waals surface area contributed by atoms with Gasteiger partial charge in [-0.3, -0.25) is 0 Å². The van der Waals surface area contributed by atoms with Crippen molar-refractivity contribution in [2.75, 3.05) is 0 Å². The van der Waals surface area contributed by atoms with E-state index >= 15 is 0 Å². The maximum absolute atomic E-state index is 9.63. The SMILES string of the molecule is O=P(O)(O)OP(=O)(O)O.[H-].[H-].[InH3].[Sr+2]. The van der Waals surface area contributed by atoms with E-state index in [4.69, 9.17) is 19.6 Å². The van der Waals surface area contributed by atoms with Crippen molar-refractivity contribution in [3.05, 3.63) is 0 Å². The minimum Gasteiger partial charge on any atom is 2.00 e. The normalized spacial score (nSPS) is 11.3. The van der Waals surface area contributed by atoms with Gasteiger partial charge in [0.1, 0.15) is 0 Å². The predicted molar refractivity (Wildman–Crippen MR) is 43.1 cm³/mol. The van der Waals surface area contributed by atoms with Crippen LogP contribution in [0.3, 0.4) is 0 Å². The van der Waals surface area contributed by atoms with Crippen molar-refractivity contribution in [1.82, 2.24) is 0 Å². The summed E-state index contributed by atoms with van der Waals surface area (Å²) in [5.41, 5.74) is 0. The van der Waals surface area contributed by atoms with Gasteiger partial charge >= 0.3 is 87.0 Å². The van der Waals surface area contributed by atoms with Gasteiger partial charge in [0.05, 0.1) is 0 Å². The van der Waals surface area contributed by atoms with Crippen LogP contribution >= 0.6 is 15.6 Å². The molecule has 0 unspecified atom stereocenters. The van der Waals surface area contributed by atoms with Crippen LogP contribution in [-0.2, 0) is 13.4 Å². The molecule has 0 spiro atoms. The molecule has 0 fully saturated rings. The fraction of sp³-hybridized carbons (Fsp3) is 0. The van der Waals surface area contributed by atoms with E-state index in [-0.39, 0.29) is 74.2 Å². The molecular weight excluding hydrogens is 376 g/mol. The number of rotatable bonds is 2. The van der Waals surface area contributed by atoms with Gasteiger partial charge in [-0.2, -0.15) is 4.31 Å². The van der Waals surface area contributed by atoms with Gasteiger partial charge in [0.2, 0.25) is 0 Å². The van der Waals surface area contributed by atoms with Crippen molar-refractivity contribution in [2.24, 2.45) is 0 Å². The van der Waals surface area contributed by atoms with Gasteiger partial charge in [-0.05, 0) is 0 Å². The van der Waals surface area contributed by atoms with Crippen LogP contribution in [-0.4, -0.2) is 90.9 Å². The van der Waals surface area contributed by atoms with Crippen LogP contribution in [0.4, 0.5) is 0 Å². The van der Waals surface area contributed by atoms with Gasteiger partial charge in [-0.25, -0.2) is 9.13 Å². The minimum absolute atomic E-state index is 0. The summed E-state index contributed by atoms with van der Waals surface area (Å²) >= 11 is 0. The summed E-state index contributed by atoms with van der Waals surface area (Å²) in [7, 11) is -10.1. The predicted octanol–water partition coefficient (Wildman–Crippen LogP) is -2.15. The summed E-state index contributed by atoms with van der Waals surface area (Å²) in [6.07, 6.45) is 0. The Balaban J connectivity index is -0.0000000533. The number of hydrogen-bond donors (Lipinski definition) is 4. The second kappa shape index (κ2) is 6.98. The van der Waals surface area contributed by atoms with Crippen molar-refractivity contribution >= 4 is 87.0 Å². The van der Waals surface area contributed by atoms with Gasteiger partial charge < -0.3 is 22.4 Å². The smallest absolute Gasteiger partial charge is 2.00 e. The molecule has 0 radical (unpaired) electrons. The topological polar surface area (TPSA) is 124 Å². The standard InChI is InChI=1S/In.H4O7P2.Sr.5H/c;1-8(2,3)7-9(4,5)6;;;;;;/h;(H2,1,2,3)(H2,4,5,6);;;;;;/q;;+2;;;;2*-1. The van der Waals surface area contributed by atoms with E-state index in [9.17, 15) is 9.13 Å². The van der Waals surface area contributed by atoms with Crippen LogP contribution in [0, 0.1) is 0 Å². The molecule has 4 N–H and O–H groups in total. The van der Waals surface area contributed by atoms with Gasteiger partial charge in [0.25, 0.3) is 0 Å². The molecule has 0 saturated carbocycles. The summed E-state index contributed by atoms with van der Waals surface area (Å²) in [6.45, 7) is 0. The molecule has 0 amide bonds. The van der Waals surface area contributed by atoms with Crippen LogP contribution < -0.4 is 0 Å². The fourth-order valence-electron chi connectivity index (χ4n) is 0.139. The van der Waals surface area contributed by atoms with E-state index in [1.54, 1.807) is 0 Å². The van der Waals surface area contributed by atoms with Gasteiger partial charge in [-0.15, -0.1) is 0 Å². The van der Waals surface area contributed by atoms with Crippen molar-refractivity contribution < 1.29 is 35.9 Å². The van der Waals surface area contributed by atoms with E-state index < -0.39 is 15.6 Å². The average Bonchev–Trinajstić information content (AvgIpc) is 1.14. The molecule has 0 aromatic carbocycles. The molecule has 0 aliphatic rings. The Morgan fingerprint density at radius 2 is 1.18 bits per heavy atom. The third-order valence-electron chi connectivity index (χ3n) is 0.213. The fourth-order valence-corrected chi connectivity index (χ4v) is 1.25. The summed E-state index contributed by atoms with van der Waals surface area (Å²) < 4.78 is 22.2. The summed E-state index contributed by atoms with van der Waals surface area (Å²) in [5, 5.41) is 0. The molecule has 0 rings (SSSR count). The van der Waals surface area contributed by atoms with Crippen LogP contribution in [0.2, 0.25) is 0 Å². The molecule has 7 nitrogen and oxygen atoms in total. The second-order valence-corrected chi connectivity index (χ2v) is 3.68. The Labute approximate surface area is 121 Å². The summed E-state index contributed by atoms with van der Waals surface area (Å²) in [5.74, 6) is 0. The zero-order chi connectivity index (χ0) is 7.71. The first-order valence-electron chi connectivity index (χ1n) is 1.53. The molecule has 0 saturated heterocycles. The van der Waals surface area contributed by atoms with Crippen LogP contribution in [0.1, 0.15) is 2.85 Å². The van der Waals surface area contributed by atoms with E-state index in [0.717, 1.165) is 0 Å². The Hall–Kier alpha value is 2.61. The number of hydrogen-bond acceptors (Lipinski definition) is 3. The maximum atomic E-state index is 9.63. The summed E-state index contributed by atoms with van der Waals surface area (Å²) in [6, 6.07) is 0. The third kappa shape index (κ3) is 19.1. The maximum Gasteiger partial charge on any atom is 2.00 e. The van der Waals surface area contributed by atoms with E-state index in [1.807, 2.05) is 0 Å². The van der Waals surface area contributed by atoms with Crippen molar-refractivity contribution in [2.45, 2.75) is 0 Å². The Kier molecular flexibility index (Phi) is 12.2. The minimum atomic E-state index is -5.05. The van der Waals surface area contributed by atoms with E-state index in [1.165, 1.54) is 0 Å². The Morgan fingerprint density at radius 3 is 1.18 bits per heavy atom. The molecule has 66 valence electrons. The number of phosphoric acid groups is 2. The van der Waals surface area contributed by atoms with Crippen molar-refractivity contribution in [3.63, 3.8) is 0 Å². The second-order valence-electron chi connectivity index (χ2n) is 1.06. The zero-order valence-electron chi connectivity index (χ0n) is 6.62. The Bertz CT molecular complexity index is 165. The molecule has 0 aromatic heterocycles. The molecule has 0 aliphatic heterocycles. The van der Waals surface area contributed by atoms with Gasteiger partial charge in [-0.1, -0.05) is 0 Å². The molecule has 11 heavy (non-hydrogen) atoms. The Morgan fingerprint density at radius 1 is 1.00 bits per heavy atom. The van der Waals surface area contributed by atoms with Crippen molar-refractivity contribution in [1.29, 1.82) is 0 Å². The molecule has 0 aromatic rings. The molecular formula is H9InO7P2Sr. The first kappa shape index (κ1) is 19.2. The molecule has 0 atom stereocenters. The average molecular weight is 385 g/mol. The molecule has 11 heteroatoms. The monoisotopic (exact) mass is 386 g/mol. The van der Waals surface area contributed by atoms with E-state index in [0.29, 0.717) is 0 Å². The molecule has 0 heterocycles. The molecule has 0 aliphatic carbocycles. The summed E-state index contributed by atoms with van der Waals surface area (Å²) in [4.78, 5) is 31.0. The van der Waals surface area contributed by atoms with Crippen LogP contribution in [0.15, 0.2) is 0 Å². The quantitative estimate of drug-likeness (QED) is 0.316. The molecule has 0 bridgehead atoms. The van der Waals surface area contributed by atoms with E-state index in [2.05, 4.69) is 4.31 Å².